The lowest BCUT2D eigenvalue weighted by molar-refractivity contribution is -0.107. The van der Waals surface area contributed by atoms with Crippen LogP contribution in [0.1, 0.15) is 19.4 Å². The van der Waals surface area contributed by atoms with Crippen LogP contribution in [0.4, 0.5) is 5.69 Å². The fourth-order valence-electron chi connectivity index (χ4n) is 2.33. The number of aliphatic imine (C=N–C) groups is 1. The molecular weight excluding hydrogens is 340 g/mol. The van der Waals surface area contributed by atoms with Crippen molar-refractivity contribution in [2.75, 3.05) is 30.9 Å². The Labute approximate surface area is 152 Å². The van der Waals surface area contributed by atoms with Gasteiger partial charge in [-0.1, -0.05) is 17.8 Å². The maximum atomic E-state index is 12.1. The minimum absolute atomic E-state index is 0.0311. The monoisotopic (exact) mass is 362 g/mol. The molecule has 1 aromatic carbocycles. The van der Waals surface area contributed by atoms with Crippen LogP contribution in [-0.4, -0.2) is 35.4 Å². The van der Waals surface area contributed by atoms with Gasteiger partial charge in [-0.15, -0.1) is 6.58 Å². The number of thioether (sulfide) groups is 2. The molecule has 0 fully saturated rings. The van der Waals surface area contributed by atoms with Gasteiger partial charge in [-0.2, -0.15) is 0 Å². The van der Waals surface area contributed by atoms with Crippen molar-refractivity contribution in [1.82, 2.24) is 0 Å². The third-order valence-electron chi connectivity index (χ3n) is 3.56. The zero-order valence-corrected chi connectivity index (χ0v) is 15.9. The van der Waals surface area contributed by atoms with Gasteiger partial charge in [0.25, 0.3) is 0 Å². The average molecular weight is 363 g/mol. The summed E-state index contributed by atoms with van der Waals surface area (Å²) in [6, 6.07) is 6.02. The second-order valence-electron chi connectivity index (χ2n) is 5.00. The maximum absolute atomic E-state index is 12.1. The van der Waals surface area contributed by atoms with Crippen LogP contribution in [0.3, 0.4) is 0 Å². The molecule has 2 rings (SSSR count). The Kier molecular flexibility index (Phi) is 6.99. The van der Waals surface area contributed by atoms with Gasteiger partial charge in [0.05, 0.1) is 7.11 Å². The summed E-state index contributed by atoms with van der Waals surface area (Å²) < 4.78 is 6.27. The third-order valence-corrected chi connectivity index (χ3v) is 5.57. The van der Waals surface area contributed by atoms with Crippen LogP contribution >= 0.6 is 23.5 Å². The van der Waals surface area contributed by atoms with Gasteiger partial charge in [-0.3, -0.25) is 4.79 Å². The van der Waals surface area contributed by atoms with Crippen molar-refractivity contribution >= 4 is 44.8 Å². The molecule has 0 N–H and O–H groups in total. The molecule has 0 saturated carbocycles. The van der Waals surface area contributed by atoms with E-state index >= 15 is 0 Å². The van der Waals surface area contributed by atoms with E-state index in [4.69, 9.17) is 4.74 Å². The second kappa shape index (κ2) is 8.99. The zero-order valence-electron chi connectivity index (χ0n) is 14.2. The first-order valence-corrected chi connectivity index (χ1v) is 9.62. The lowest BCUT2D eigenvalue weighted by Crippen LogP contribution is -2.21. The lowest BCUT2D eigenvalue weighted by Gasteiger charge is -2.22. The minimum Gasteiger partial charge on any atom is -0.496 e. The summed E-state index contributed by atoms with van der Waals surface area (Å²) in [5.41, 5.74) is 2.42. The number of benzene rings is 1. The van der Waals surface area contributed by atoms with Crippen molar-refractivity contribution in [3.63, 3.8) is 0 Å². The summed E-state index contributed by atoms with van der Waals surface area (Å²) in [7, 11) is 1.64. The van der Waals surface area contributed by atoms with Gasteiger partial charge >= 0.3 is 0 Å². The van der Waals surface area contributed by atoms with Crippen LogP contribution < -0.4 is 9.64 Å². The highest BCUT2D eigenvalue weighted by atomic mass is 32.2. The molecule has 128 valence electrons. The van der Waals surface area contributed by atoms with Gasteiger partial charge in [0.15, 0.2) is 0 Å². The SMILES string of the molecule is C=CCSC1=NC(=Cc2ccc(N(CC)CC)cc2OC)C(=O)S1. The molecule has 0 unspecified atom stereocenters. The van der Waals surface area contributed by atoms with Gasteiger partial charge in [0, 0.05) is 36.2 Å². The molecule has 0 bridgehead atoms. The summed E-state index contributed by atoms with van der Waals surface area (Å²) in [6.45, 7) is 9.79. The van der Waals surface area contributed by atoms with E-state index in [0.717, 1.165) is 40.2 Å². The Morgan fingerprint density at radius 1 is 1.38 bits per heavy atom. The van der Waals surface area contributed by atoms with Crippen LogP contribution in [0.15, 0.2) is 41.5 Å². The number of rotatable bonds is 7. The summed E-state index contributed by atoms with van der Waals surface area (Å²) in [4.78, 5) is 18.8. The highest BCUT2D eigenvalue weighted by Gasteiger charge is 2.22. The van der Waals surface area contributed by atoms with Crippen LogP contribution in [-0.2, 0) is 4.79 Å². The Hall–Kier alpha value is -1.66. The van der Waals surface area contributed by atoms with Crippen molar-refractivity contribution < 1.29 is 9.53 Å². The third kappa shape index (κ3) is 4.45. The molecule has 6 heteroatoms. The van der Waals surface area contributed by atoms with Gasteiger partial charge in [0.2, 0.25) is 5.12 Å². The van der Waals surface area contributed by atoms with Crippen molar-refractivity contribution in [2.45, 2.75) is 13.8 Å². The zero-order chi connectivity index (χ0) is 17.5. The number of methoxy groups -OCH3 is 1. The molecule has 0 spiro atoms. The largest absolute Gasteiger partial charge is 0.496 e. The molecule has 24 heavy (non-hydrogen) atoms. The predicted molar refractivity (Wildman–Crippen MR) is 107 cm³/mol. The molecule has 1 heterocycles. The van der Waals surface area contributed by atoms with Crippen LogP contribution in [0.5, 0.6) is 5.75 Å². The highest BCUT2D eigenvalue weighted by molar-refractivity contribution is 8.45. The van der Waals surface area contributed by atoms with E-state index in [1.165, 1.54) is 23.5 Å². The van der Waals surface area contributed by atoms with Crippen LogP contribution in [0, 0.1) is 0 Å². The topological polar surface area (TPSA) is 41.9 Å². The molecule has 0 amide bonds. The van der Waals surface area contributed by atoms with Gasteiger partial charge in [-0.05, 0) is 43.8 Å². The van der Waals surface area contributed by atoms with Crippen molar-refractivity contribution in [2.24, 2.45) is 4.99 Å². The van der Waals surface area contributed by atoms with E-state index in [9.17, 15) is 4.79 Å². The summed E-state index contributed by atoms with van der Waals surface area (Å²) >= 11 is 2.69. The Bertz CT molecular complexity index is 680. The molecule has 0 radical (unpaired) electrons. The van der Waals surface area contributed by atoms with Gasteiger partial charge in [0.1, 0.15) is 15.8 Å². The van der Waals surface area contributed by atoms with Crippen LogP contribution in [0.2, 0.25) is 0 Å². The fourth-order valence-corrected chi connectivity index (χ4v) is 3.94. The first kappa shape index (κ1) is 18.7. The Morgan fingerprint density at radius 3 is 2.75 bits per heavy atom. The molecule has 0 aromatic heterocycles. The van der Waals surface area contributed by atoms with Gasteiger partial charge < -0.3 is 9.64 Å². The maximum Gasteiger partial charge on any atom is 0.244 e. The number of anilines is 1. The quantitative estimate of drug-likeness (QED) is 0.530. The molecule has 0 saturated heterocycles. The smallest absolute Gasteiger partial charge is 0.244 e. The van der Waals surface area contributed by atoms with Crippen molar-refractivity contribution in [1.29, 1.82) is 0 Å². The van der Waals surface area contributed by atoms with E-state index < -0.39 is 0 Å². The number of ether oxygens (including phenoxy) is 1. The number of hydrogen-bond acceptors (Lipinski definition) is 6. The molecule has 1 aliphatic heterocycles. The van der Waals surface area contributed by atoms with E-state index in [-0.39, 0.29) is 5.12 Å². The lowest BCUT2D eigenvalue weighted by atomic mass is 10.1. The second-order valence-corrected chi connectivity index (χ2v) is 7.22. The first-order valence-electron chi connectivity index (χ1n) is 7.82. The average Bonchev–Trinajstić information content (AvgIpc) is 2.94. The molecule has 0 atom stereocenters. The predicted octanol–water partition coefficient (Wildman–Crippen LogP) is 4.43. The summed E-state index contributed by atoms with van der Waals surface area (Å²) in [6.07, 6.45) is 3.59. The molecule has 0 aliphatic carbocycles. The summed E-state index contributed by atoms with van der Waals surface area (Å²) in [5.74, 6) is 1.49. The standard InChI is InChI=1S/C18H22N2O2S2/c1-5-10-23-18-19-15(17(21)24-18)11-13-8-9-14(12-16(13)22-4)20(6-2)7-3/h5,8-9,11-12H,1,6-7,10H2,2-4H3. The van der Waals surface area contributed by atoms with Crippen LogP contribution in [0.25, 0.3) is 6.08 Å². The molecule has 4 nitrogen and oxygen atoms in total. The van der Waals surface area contributed by atoms with E-state index in [0.29, 0.717) is 5.70 Å². The molecule has 1 aliphatic rings. The van der Waals surface area contributed by atoms with E-state index in [1.807, 2.05) is 18.2 Å². The number of hydrogen-bond donors (Lipinski definition) is 0. The Morgan fingerprint density at radius 2 is 2.12 bits per heavy atom. The van der Waals surface area contributed by atoms with E-state index in [2.05, 4.69) is 30.3 Å². The molecular formula is C18H22N2O2S2. The van der Waals surface area contributed by atoms with Gasteiger partial charge in [-0.25, -0.2) is 4.99 Å². The van der Waals surface area contributed by atoms with Crippen molar-refractivity contribution in [3.05, 3.63) is 42.1 Å². The highest BCUT2D eigenvalue weighted by Crippen LogP contribution is 2.33. The first-order chi connectivity index (χ1) is 11.6. The normalized spacial score (nSPS) is 15.5. The Balaban J connectivity index is 2.30. The number of carbonyl (C=O) groups excluding carboxylic acids is 1. The fraction of sp³-hybridized carbons (Fsp3) is 0.333. The number of nitrogens with zero attached hydrogens (tertiary/aromatic N) is 2. The van der Waals surface area contributed by atoms with Crippen molar-refractivity contribution in [3.8, 4) is 5.75 Å². The minimum atomic E-state index is -0.0311. The number of carbonyl (C=O) groups is 1. The molecule has 1 aromatic rings. The van der Waals surface area contributed by atoms with E-state index in [1.54, 1.807) is 19.3 Å². The summed E-state index contributed by atoms with van der Waals surface area (Å²) in [5, 5.41) is -0.0311.